The molecule has 0 aliphatic carbocycles. The largest absolute Gasteiger partial charge is 0.271 e. The molecule has 0 saturated heterocycles. The maximum Gasteiger partial charge on any atom is 0.141 e. The summed E-state index contributed by atoms with van der Waals surface area (Å²) in [5.41, 5.74) is 3.76. The van der Waals surface area contributed by atoms with Gasteiger partial charge in [0, 0.05) is 21.2 Å². The molecule has 0 heterocycles. The molecule has 3 N–H and O–H groups in total. The molecule has 6 heteroatoms. The van der Waals surface area contributed by atoms with Crippen molar-refractivity contribution in [2.45, 2.75) is 17.4 Å². The predicted molar refractivity (Wildman–Crippen MR) is 91.1 cm³/mol. The first-order valence-electron chi connectivity index (χ1n) is 6.37. The van der Waals surface area contributed by atoms with Gasteiger partial charge in [-0.05, 0) is 42.3 Å². The van der Waals surface area contributed by atoms with Gasteiger partial charge in [0.1, 0.15) is 5.82 Å². The van der Waals surface area contributed by atoms with E-state index in [-0.39, 0.29) is 11.1 Å². The third-order valence-corrected chi connectivity index (χ3v) is 4.89. The van der Waals surface area contributed by atoms with E-state index in [0.29, 0.717) is 6.42 Å². The Morgan fingerprint density at radius 2 is 2.10 bits per heavy atom. The Balaban J connectivity index is 1.95. The lowest BCUT2D eigenvalue weighted by atomic mass is 10.1. The average molecular weight is 390 g/mol. The van der Waals surface area contributed by atoms with Crippen molar-refractivity contribution in [1.82, 2.24) is 5.43 Å². The highest BCUT2D eigenvalue weighted by molar-refractivity contribution is 9.10. The number of rotatable bonds is 6. The summed E-state index contributed by atoms with van der Waals surface area (Å²) >= 11 is 11.0. The van der Waals surface area contributed by atoms with Crippen LogP contribution in [0.5, 0.6) is 0 Å². The van der Waals surface area contributed by atoms with E-state index < -0.39 is 5.82 Å². The molecular formula is C15H15BrClFN2S. The molecule has 0 fully saturated rings. The van der Waals surface area contributed by atoms with Crippen LogP contribution in [0.4, 0.5) is 4.39 Å². The lowest BCUT2D eigenvalue weighted by Crippen LogP contribution is -2.38. The molecule has 0 saturated carbocycles. The molecule has 1 unspecified atom stereocenters. The molecule has 0 aliphatic rings. The molecule has 0 aliphatic heterocycles. The molecule has 112 valence electrons. The summed E-state index contributed by atoms with van der Waals surface area (Å²) in [6.07, 6.45) is 0.692. The monoisotopic (exact) mass is 388 g/mol. The minimum Gasteiger partial charge on any atom is -0.271 e. The molecule has 0 amide bonds. The van der Waals surface area contributed by atoms with Gasteiger partial charge in [-0.25, -0.2) is 4.39 Å². The van der Waals surface area contributed by atoms with Gasteiger partial charge >= 0.3 is 0 Å². The maximum atomic E-state index is 13.1. The van der Waals surface area contributed by atoms with Gasteiger partial charge in [-0.3, -0.25) is 11.3 Å². The van der Waals surface area contributed by atoms with Crippen molar-refractivity contribution in [2.24, 2.45) is 5.84 Å². The summed E-state index contributed by atoms with van der Waals surface area (Å²) in [5.74, 6) is 6.01. The zero-order valence-corrected chi connectivity index (χ0v) is 14.3. The van der Waals surface area contributed by atoms with E-state index in [9.17, 15) is 4.39 Å². The van der Waals surface area contributed by atoms with Crippen LogP contribution in [0.2, 0.25) is 5.02 Å². The van der Waals surface area contributed by atoms with Crippen LogP contribution in [0.3, 0.4) is 0 Å². The van der Waals surface area contributed by atoms with Gasteiger partial charge in [0.25, 0.3) is 0 Å². The van der Waals surface area contributed by atoms with E-state index in [1.165, 1.54) is 11.0 Å². The summed E-state index contributed by atoms with van der Waals surface area (Å²) in [6, 6.07) is 12.9. The number of hydrogen-bond acceptors (Lipinski definition) is 3. The van der Waals surface area contributed by atoms with Crippen LogP contribution in [-0.2, 0) is 6.42 Å². The smallest absolute Gasteiger partial charge is 0.141 e. The lowest BCUT2D eigenvalue weighted by Gasteiger charge is -2.16. The van der Waals surface area contributed by atoms with Crippen molar-refractivity contribution in [1.29, 1.82) is 0 Å². The highest BCUT2D eigenvalue weighted by Gasteiger charge is 2.10. The quantitative estimate of drug-likeness (QED) is 0.437. The van der Waals surface area contributed by atoms with Crippen molar-refractivity contribution in [2.75, 3.05) is 5.75 Å². The Morgan fingerprint density at radius 1 is 1.29 bits per heavy atom. The molecular weight excluding hydrogens is 375 g/mol. The first-order chi connectivity index (χ1) is 10.1. The second-order valence-electron chi connectivity index (χ2n) is 4.58. The second-order valence-corrected chi connectivity index (χ2v) is 7.00. The van der Waals surface area contributed by atoms with Crippen LogP contribution >= 0.6 is 39.3 Å². The van der Waals surface area contributed by atoms with Crippen LogP contribution in [0, 0.1) is 5.82 Å². The van der Waals surface area contributed by atoms with Gasteiger partial charge in [-0.1, -0.05) is 39.7 Å². The summed E-state index contributed by atoms with van der Waals surface area (Å²) in [4.78, 5) is 1.17. The molecule has 1 atom stereocenters. The van der Waals surface area contributed by atoms with Crippen molar-refractivity contribution in [3.05, 3.63) is 63.3 Å². The number of nitrogens with one attached hydrogen (secondary N) is 1. The highest BCUT2D eigenvalue weighted by atomic mass is 79.9. The van der Waals surface area contributed by atoms with Gasteiger partial charge in [0.15, 0.2) is 0 Å². The number of hydrogen-bond donors (Lipinski definition) is 2. The van der Waals surface area contributed by atoms with Crippen LogP contribution in [0.1, 0.15) is 5.56 Å². The van der Waals surface area contributed by atoms with Crippen molar-refractivity contribution < 1.29 is 4.39 Å². The molecule has 2 aromatic carbocycles. The van der Waals surface area contributed by atoms with Crippen molar-refractivity contribution >= 4 is 39.3 Å². The fourth-order valence-corrected chi connectivity index (χ4v) is 3.62. The number of halogens is 3. The topological polar surface area (TPSA) is 38.0 Å². The van der Waals surface area contributed by atoms with Crippen LogP contribution in [-0.4, -0.2) is 11.8 Å². The molecule has 2 nitrogen and oxygen atoms in total. The average Bonchev–Trinajstić information content (AvgIpc) is 2.47. The number of benzene rings is 2. The standard InChI is InChI=1S/C15H15BrClFN2S/c16-11-2-1-3-13(8-11)21-9-12(20-19)6-10-4-5-15(18)14(17)7-10/h1-5,7-8,12,20H,6,9,19H2. The van der Waals surface area contributed by atoms with E-state index in [1.807, 2.05) is 12.1 Å². The first kappa shape index (κ1) is 16.8. The Kier molecular flexibility index (Phi) is 6.51. The fraction of sp³-hybridized carbons (Fsp3) is 0.200. The van der Waals surface area contributed by atoms with E-state index in [2.05, 4.69) is 33.5 Å². The minimum atomic E-state index is -0.402. The zero-order valence-electron chi connectivity index (χ0n) is 11.2. The third kappa shape index (κ3) is 5.27. The molecule has 0 spiro atoms. The number of hydrazine groups is 1. The Labute approximate surface area is 141 Å². The molecule has 0 radical (unpaired) electrons. The Morgan fingerprint density at radius 3 is 2.76 bits per heavy atom. The first-order valence-corrected chi connectivity index (χ1v) is 8.52. The summed E-state index contributed by atoms with van der Waals surface area (Å²) in [7, 11) is 0. The van der Waals surface area contributed by atoms with Crippen molar-refractivity contribution in [3.63, 3.8) is 0 Å². The van der Waals surface area contributed by atoms with Gasteiger partial charge in [-0.15, -0.1) is 11.8 Å². The molecule has 2 aromatic rings. The van der Waals surface area contributed by atoms with Crippen LogP contribution in [0.25, 0.3) is 0 Å². The Bertz CT molecular complexity index is 612. The van der Waals surface area contributed by atoms with E-state index in [4.69, 9.17) is 17.4 Å². The zero-order chi connectivity index (χ0) is 15.2. The normalized spacial score (nSPS) is 12.4. The van der Waals surface area contributed by atoms with Crippen LogP contribution < -0.4 is 11.3 Å². The summed E-state index contributed by atoms with van der Waals surface area (Å²) < 4.78 is 14.2. The van der Waals surface area contributed by atoms with Gasteiger partial charge in [0.2, 0.25) is 0 Å². The highest BCUT2D eigenvalue weighted by Crippen LogP contribution is 2.23. The second kappa shape index (κ2) is 8.15. The number of nitrogens with two attached hydrogens (primary N) is 1. The molecule has 2 rings (SSSR count). The van der Waals surface area contributed by atoms with Gasteiger partial charge < -0.3 is 0 Å². The van der Waals surface area contributed by atoms with E-state index in [0.717, 1.165) is 15.8 Å². The summed E-state index contributed by atoms with van der Waals surface area (Å²) in [6.45, 7) is 0. The van der Waals surface area contributed by atoms with E-state index >= 15 is 0 Å². The number of thioether (sulfide) groups is 1. The summed E-state index contributed by atoms with van der Waals surface area (Å²) in [5, 5.41) is 0.142. The molecule has 0 aromatic heterocycles. The third-order valence-electron chi connectivity index (χ3n) is 2.95. The van der Waals surface area contributed by atoms with E-state index in [1.54, 1.807) is 23.9 Å². The predicted octanol–water partition coefficient (Wildman–Crippen LogP) is 4.41. The SMILES string of the molecule is NNC(CSc1cccc(Br)c1)Cc1ccc(F)c(Cl)c1. The van der Waals surface area contributed by atoms with Crippen LogP contribution in [0.15, 0.2) is 51.8 Å². The van der Waals surface area contributed by atoms with Gasteiger partial charge in [0.05, 0.1) is 5.02 Å². The fourth-order valence-electron chi connectivity index (χ4n) is 1.87. The lowest BCUT2D eigenvalue weighted by molar-refractivity contribution is 0.573. The Hall–Kier alpha value is -0.590. The minimum absolute atomic E-state index is 0.0792. The molecule has 0 bridgehead atoms. The van der Waals surface area contributed by atoms with Gasteiger partial charge in [-0.2, -0.15) is 0 Å². The van der Waals surface area contributed by atoms with Crippen molar-refractivity contribution in [3.8, 4) is 0 Å². The maximum absolute atomic E-state index is 13.1. The molecule has 21 heavy (non-hydrogen) atoms.